The van der Waals surface area contributed by atoms with Crippen LogP contribution in [0.2, 0.25) is 0 Å². The Labute approximate surface area is 175 Å². The van der Waals surface area contributed by atoms with E-state index in [1.165, 1.54) is 19.9 Å². The molecule has 1 unspecified atom stereocenters. The van der Waals surface area contributed by atoms with E-state index in [1.807, 2.05) is 0 Å². The molecule has 0 heterocycles. The van der Waals surface area contributed by atoms with Gasteiger partial charge in [0.1, 0.15) is 0 Å². The number of nitrogens with one attached hydrogen (secondary N) is 3. The van der Waals surface area contributed by atoms with E-state index < -0.39 is 10.0 Å². The van der Waals surface area contributed by atoms with Gasteiger partial charge in [-0.05, 0) is 44.0 Å². The normalized spacial score (nSPS) is 13.2. The van der Waals surface area contributed by atoms with Crippen molar-refractivity contribution < 1.29 is 8.42 Å². The highest BCUT2D eigenvalue weighted by Crippen LogP contribution is 2.10. The molecule has 6 nitrogen and oxygen atoms in total. The molecule has 26 heavy (non-hydrogen) atoms. The summed E-state index contributed by atoms with van der Waals surface area (Å²) in [5, 5.41) is 6.65. The van der Waals surface area contributed by atoms with Gasteiger partial charge in [0.15, 0.2) is 5.96 Å². The smallest absolute Gasteiger partial charge is 0.240 e. The van der Waals surface area contributed by atoms with Crippen LogP contribution in [0.15, 0.2) is 34.2 Å². The maximum atomic E-state index is 11.7. The van der Waals surface area contributed by atoms with Crippen molar-refractivity contribution in [3.8, 4) is 0 Å². The SMILES string of the molecule is CN=C(NCc1ccc(S(=O)(=O)NC)cc1)NC(C)CCCC(C)C.I. The number of halogens is 1. The monoisotopic (exact) mass is 496 g/mol. The van der Waals surface area contributed by atoms with Gasteiger partial charge >= 0.3 is 0 Å². The molecule has 0 aromatic heterocycles. The van der Waals surface area contributed by atoms with Crippen LogP contribution in [0.3, 0.4) is 0 Å². The predicted molar refractivity (Wildman–Crippen MR) is 120 cm³/mol. The lowest BCUT2D eigenvalue weighted by atomic mass is 10.0. The summed E-state index contributed by atoms with van der Waals surface area (Å²) in [7, 11) is -0.234. The van der Waals surface area contributed by atoms with Gasteiger partial charge in [0.25, 0.3) is 0 Å². The average Bonchev–Trinajstić information content (AvgIpc) is 2.58. The Kier molecular flexibility index (Phi) is 12.1. The maximum absolute atomic E-state index is 11.7. The Morgan fingerprint density at radius 1 is 1.12 bits per heavy atom. The van der Waals surface area contributed by atoms with Crippen molar-refractivity contribution in [3.63, 3.8) is 0 Å². The third-order valence-corrected chi connectivity index (χ3v) is 5.42. The van der Waals surface area contributed by atoms with Crippen LogP contribution in [0.25, 0.3) is 0 Å². The van der Waals surface area contributed by atoms with Crippen LogP contribution in [-0.4, -0.2) is 34.5 Å². The van der Waals surface area contributed by atoms with E-state index in [2.05, 4.69) is 41.1 Å². The van der Waals surface area contributed by atoms with Crippen molar-refractivity contribution in [1.82, 2.24) is 15.4 Å². The van der Waals surface area contributed by atoms with Crippen molar-refractivity contribution in [2.24, 2.45) is 10.9 Å². The molecule has 0 saturated heterocycles. The van der Waals surface area contributed by atoms with E-state index in [1.54, 1.807) is 31.3 Å². The Bertz CT molecular complexity index is 646. The van der Waals surface area contributed by atoms with Crippen LogP contribution in [-0.2, 0) is 16.6 Å². The fraction of sp³-hybridized carbons (Fsp3) is 0.611. The van der Waals surface area contributed by atoms with E-state index in [9.17, 15) is 8.42 Å². The molecule has 0 aliphatic carbocycles. The van der Waals surface area contributed by atoms with Gasteiger partial charge in [-0.2, -0.15) is 0 Å². The summed E-state index contributed by atoms with van der Waals surface area (Å²) >= 11 is 0. The van der Waals surface area contributed by atoms with E-state index in [0.717, 1.165) is 23.9 Å². The number of hydrogen-bond acceptors (Lipinski definition) is 3. The minimum atomic E-state index is -3.39. The Hall–Kier alpha value is -0.870. The quantitative estimate of drug-likeness (QED) is 0.279. The fourth-order valence-corrected chi connectivity index (χ4v) is 3.15. The first-order valence-corrected chi connectivity index (χ1v) is 10.3. The van der Waals surface area contributed by atoms with Crippen LogP contribution in [0, 0.1) is 5.92 Å². The predicted octanol–water partition coefficient (Wildman–Crippen LogP) is 3.09. The van der Waals surface area contributed by atoms with E-state index in [0.29, 0.717) is 12.6 Å². The van der Waals surface area contributed by atoms with Gasteiger partial charge in [0.05, 0.1) is 4.90 Å². The first-order valence-electron chi connectivity index (χ1n) is 8.78. The second-order valence-corrected chi connectivity index (χ2v) is 8.53. The number of sulfonamides is 1. The van der Waals surface area contributed by atoms with E-state index >= 15 is 0 Å². The zero-order valence-electron chi connectivity index (χ0n) is 16.4. The molecule has 0 fully saturated rings. The number of rotatable bonds is 9. The highest BCUT2D eigenvalue weighted by Gasteiger charge is 2.10. The van der Waals surface area contributed by atoms with Crippen molar-refractivity contribution in [3.05, 3.63) is 29.8 Å². The third kappa shape index (κ3) is 9.18. The lowest BCUT2D eigenvalue weighted by molar-refractivity contribution is 0.491. The molecule has 150 valence electrons. The van der Waals surface area contributed by atoms with Crippen LogP contribution in [0.4, 0.5) is 0 Å². The Morgan fingerprint density at radius 3 is 2.23 bits per heavy atom. The molecule has 1 atom stereocenters. The maximum Gasteiger partial charge on any atom is 0.240 e. The standard InChI is InChI=1S/C18H32N4O2S.HI/c1-14(2)7-6-8-15(3)22-18(19-4)21-13-16-9-11-17(12-10-16)25(23,24)20-5;/h9-12,14-15,20H,6-8,13H2,1-5H3,(H2,19,21,22);1H. The molecule has 0 saturated carbocycles. The van der Waals surface area contributed by atoms with Crippen LogP contribution in [0.1, 0.15) is 45.6 Å². The Balaban J connectivity index is 0.00000625. The van der Waals surface area contributed by atoms with Gasteiger partial charge in [-0.1, -0.05) is 38.8 Å². The topological polar surface area (TPSA) is 82.6 Å². The molecule has 0 bridgehead atoms. The fourth-order valence-electron chi connectivity index (χ4n) is 2.42. The summed E-state index contributed by atoms with van der Waals surface area (Å²) in [5.41, 5.74) is 0.991. The number of benzene rings is 1. The summed E-state index contributed by atoms with van der Waals surface area (Å²) < 4.78 is 25.7. The highest BCUT2D eigenvalue weighted by atomic mass is 127. The van der Waals surface area contributed by atoms with Gasteiger partial charge in [-0.25, -0.2) is 13.1 Å². The van der Waals surface area contributed by atoms with Crippen molar-refractivity contribution in [2.75, 3.05) is 14.1 Å². The van der Waals surface area contributed by atoms with Gasteiger partial charge in [0, 0.05) is 19.6 Å². The largest absolute Gasteiger partial charge is 0.354 e. The lowest BCUT2D eigenvalue weighted by Gasteiger charge is -2.18. The first kappa shape index (κ1) is 25.1. The van der Waals surface area contributed by atoms with Crippen LogP contribution >= 0.6 is 24.0 Å². The van der Waals surface area contributed by atoms with Crippen molar-refractivity contribution in [2.45, 2.75) is 57.5 Å². The molecule has 8 heteroatoms. The molecule has 3 N–H and O–H groups in total. The lowest BCUT2D eigenvalue weighted by Crippen LogP contribution is -2.41. The van der Waals surface area contributed by atoms with E-state index in [4.69, 9.17) is 0 Å². The van der Waals surface area contributed by atoms with Gasteiger partial charge in [-0.15, -0.1) is 24.0 Å². The minimum absolute atomic E-state index is 0. The van der Waals surface area contributed by atoms with Gasteiger partial charge in [-0.3, -0.25) is 4.99 Å². The summed E-state index contributed by atoms with van der Waals surface area (Å²) in [6.45, 7) is 7.22. The molecular weight excluding hydrogens is 463 g/mol. The summed E-state index contributed by atoms with van der Waals surface area (Å²) in [6, 6.07) is 7.17. The highest BCUT2D eigenvalue weighted by molar-refractivity contribution is 14.0. The number of hydrogen-bond donors (Lipinski definition) is 3. The molecule has 1 aromatic carbocycles. The molecular formula is C18H33IN4O2S. The van der Waals surface area contributed by atoms with Crippen molar-refractivity contribution >= 4 is 40.0 Å². The number of guanidine groups is 1. The number of aliphatic imine (C=N–C) groups is 1. The number of nitrogens with zero attached hydrogens (tertiary/aromatic N) is 1. The first-order chi connectivity index (χ1) is 11.8. The molecule has 1 aromatic rings. The molecule has 0 radical (unpaired) electrons. The summed E-state index contributed by atoms with van der Waals surface area (Å²) in [5.74, 6) is 1.49. The molecule has 1 rings (SSSR count). The van der Waals surface area contributed by atoms with E-state index in [-0.39, 0.29) is 28.9 Å². The summed E-state index contributed by atoms with van der Waals surface area (Å²) in [4.78, 5) is 4.51. The van der Waals surface area contributed by atoms with Gasteiger partial charge in [0.2, 0.25) is 10.0 Å². The zero-order valence-corrected chi connectivity index (χ0v) is 19.5. The zero-order chi connectivity index (χ0) is 18.9. The van der Waals surface area contributed by atoms with Crippen LogP contribution < -0.4 is 15.4 Å². The molecule has 0 aliphatic heterocycles. The second kappa shape index (κ2) is 12.5. The molecule has 0 aliphatic rings. The molecule has 0 amide bonds. The Morgan fingerprint density at radius 2 is 1.73 bits per heavy atom. The van der Waals surface area contributed by atoms with Crippen molar-refractivity contribution in [1.29, 1.82) is 0 Å². The third-order valence-electron chi connectivity index (χ3n) is 3.99. The van der Waals surface area contributed by atoms with Crippen LogP contribution in [0.5, 0.6) is 0 Å². The second-order valence-electron chi connectivity index (χ2n) is 6.65. The molecule has 0 spiro atoms. The average molecular weight is 496 g/mol. The minimum Gasteiger partial charge on any atom is -0.354 e. The van der Waals surface area contributed by atoms with Gasteiger partial charge < -0.3 is 10.6 Å². The summed E-state index contributed by atoms with van der Waals surface area (Å²) in [6.07, 6.45) is 3.54.